The Morgan fingerprint density at radius 2 is 1.78 bits per heavy atom. The molecule has 11 heteroatoms. The van der Waals surface area contributed by atoms with Gasteiger partial charge in [-0.3, -0.25) is 24.2 Å². The standard InChI is InChI=1S/C34H36N4O6S/c39-31-24-8-2-1-6-22(24)17-37(31)19-27-30-21(12-15-38(27)32(40)25-9-3-4-10-26(25)34(42)43)7-5-11-28(30)44-23-13-14-36(18-23)33(41)29-16-35-20-45-29/h1-2,5-8,11,16,20,23,25-27H,3-4,9-10,12-15,17-19H2,(H,42,43)/t23-,25?,26+,27+/m0/s1. The lowest BCUT2D eigenvalue weighted by Gasteiger charge is -2.43. The van der Waals surface area contributed by atoms with E-state index in [-0.39, 0.29) is 30.4 Å². The summed E-state index contributed by atoms with van der Waals surface area (Å²) in [5.74, 6) is -1.86. The van der Waals surface area contributed by atoms with Crippen LogP contribution in [0.3, 0.4) is 0 Å². The highest BCUT2D eigenvalue weighted by molar-refractivity contribution is 7.11. The van der Waals surface area contributed by atoms with Crippen LogP contribution in [0, 0.1) is 11.8 Å². The summed E-state index contributed by atoms with van der Waals surface area (Å²) in [4.78, 5) is 63.1. The summed E-state index contributed by atoms with van der Waals surface area (Å²) < 4.78 is 6.65. The molecule has 2 aromatic carbocycles. The van der Waals surface area contributed by atoms with Crippen LogP contribution in [0.4, 0.5) is 0 Å². The Morgan fingerprint density at radius 1 is 0.978 bits per heavy atom. The van der Waals surface area contributed by atoms with Crippen molar-refractivity contribution >= 4 is 35.0 Å². The summed E-state index contributed by atoms with van der Waals surface area (Å²) in [5.41, 5.74) is 5.20. The van der Waals surface area contributed by atoms with Gasteiger partial charge in [0.1, 0.15) is 16.7 Å². The van der Waals surface area contributed by atoms with Gasteiger partial charge in [-0.25, -0.2) is 0 Å². The highest BCUT2D eigenvalue weighted by Crippen LogP contribution is 2.42. The van der Waals surface area contributed by atoms with Crippen LogP contribution >= 0.6 is 11.3 Å². The van der Waals surface area contributed by atoms with Crippen molar-refractivity contribution in [2.24, 2.45) is 11.8 Å². The van der Waals surface area contributed by atoms with Crippen molar-refractivity contribution in [1.29, 1.82) is 0 Å². The predicted octanol–water partition coefficient (Wildman–Crippen LogP) is 4.41. The molecule has 10 nitrogen and oxygen atoms in total. The van der Waals surface area contributed by atoms with Crippen molar-refractivity contribution in [1.82, 2.24) is 19.7 Å². The maximum Gasteiger partial charge on any atom is 0.307 e. The fourth-order valence-corrected chi connectivity index (χ4v) is 8.15. The minimum atomic E-state index is -0.921. The number of hydrogen-bond acceptors (Lipinski definition) is 7. The molecule has 3 amide bonds. The summed E-state index contributed by atoms with van der Waals surface area (Å²) in [5, 5.41) is 9.99. The van der Waals surface area contributed by atoms with Gasteiger partial charge in [0.05, 0.1) is 36.1 Å². The van der Waals surface area contributed by atoms with Gasteiger partial charge in [0.25, 0.3) is 11.8 Å². The summed E-state index contributed by atoms with van der Waals surface area (Å²) in [6.07, 6.45) is 5.30. The van der Waals surface area contributed by atoms with Crippen molar-refractivity contribution in [3.05, 3.63) is 81.3 Å². The highest BCUT2D eigenvalue weighted by Gasteiger charge is 2.44. The number of nitrogens with zero attached hydrogens (tertiary/aromatic N) is 4. The van der Waals surface area contributed by atoms with Crippen LogP contribution < -0.4 is 4.74 Å². The van der Waals surface area contributed by atoms with Gasteiger partial charge >= 0.3 is 5.97 Å². The molecule has 45 heavy (non-hydrogen) atoms. The minimum absolute atomic E-state index is 0.0547. The highest BCUT2D eigenvalue weighted by atomic mass is 32.1. The van der Waals surface area contributed by atoms with Crippen molar-refractivity contribution in [3.63, 3.8) is 0 Å². The zero-order valence-corrected chi connectivity index (χ0v) is 25.8. The molecule has 0 spiro atoms. The molecule has 234 valence electrons. The number of carbonyl (C=O) groups excluding carboxylic acids is 3. The number of hydrogen-bond donors (Lipinski definition) is 1. The van der Waals surface area contributed by atoms with Gasteiger partial charge in [-0.1, -0.05) is 43.2 Å². The molecule has 4 heterocycles. The molecule has 1 unspecified atom stereocenters. The molecule has 1 saturated carbocycles. The number of thiazole rings is 1. The normalized spacial score (nSPS) is 24.4. The van der Waals surface area contributed by atoms with Crippen LogP contribution in [0.2, 0.25) is 0 Å². The Kier molecular flexibility index (Phi) is 8.03. The molecule has 0 bridgehead atoms. The Morgan fingerprint density at radius 3 is 2.56 bits per heavy atom. The van der Waals surface area contributed by atoms with E-state index in [4.69, 9.17) is 4.74 Å². The monoisotopic (exact) mass is 628 g/mol. The van der Waals surface area contributed by atoms with Crippen LogP contribution in [0.1, 0.15) is 74.9 Å². The van der Waals surface area contributed by atoms with Crippen molar-refractivity contribution in [3.8, 4) is 5.75 Å². The van der Waals surface area contributed by atoms with Crippen LogP contribution in [0.15, 0.2) is 54.2 Å². The molecule has 7 rings (SSSR count). The zero-order chi connectivity index (χ0) is 31.1. The van der Waals surface area contributed by atoms with E-state index in [1.165, 1.54) is 11.3 Å². The first kappa shape index (κ1) is 29.5. The van der Waals surface area contributed by atoms with Gasteiger partial charge in [-0.2, -0.15) is 0 Å². The average molecular weight is 629 g/mol. The first-order valence-electron chi connectivity index (χ1n) is 15.8. The van der Waals surface area contributed by atoms with Crippen LogP contribution in [0.25, 0.3) is 0 Å². The van der Waals surface area contributed by atoms with Crippen LogP contribution in [-0.2, 0) is 22.6 Å². The number of aromatic nitrogens is 1. The first-order valence-corrected chi connectivity index (χ1v) is 16.6. The molecular weight excluding hydrogens is 592 g/mol. The third-order valence-corrected chi connectivity index (χ3v) is 10.6. The van der Waals surface area contributed by atoms with E-state index in [1.807, 2.05) is 47.4 Å². The number of aliphatic carboxylic acids is 1. The number of fused-ring (bicyclic) bond motifs is 2. The quantitative estimate of drug-likeness (QED) is 0.412. The summed E-state index contributed by atoms with van der Waals surface area (Å²) in [6.45, 7) is 2.18. The number of carboxylic acids is 1. The van der Waals surface area contributed by atoms with E-state index in [2.05, 4.69) is 4.98 Å². The molecule has 1 aliphatic carbocycles. The van der Waals surface area contributed by atoms with Crippen molar-refractivity contribution < 1.29 is 29.0 Å². The zero-order valence-electron chi connectivity index (χ0n) is 25.0. The Labute approximate surface area is 265 Å². The lowest BCUT2D eigenvalue weighted by molar-refractivity contribution is -0.153. The molecule has 4 atom stereocenters. The largest absolute Gasteiger partial charge is 0.488 e. The Hall–Kier alpha value is -4.25. The number of carbonyl (C=O) groups is 4. The number of benzene rings is 2. The molecular formula is C34H36N4O6S. The minimum Gasteiger partial charge on any atom is -0.488 e. The van der Waals surface area contributed by atoms with Crippen molar-refractivity contribution in [2.75, 3.05) is 26.2 Å². The third-order valence-electron chi connectivity index (χ3n) is 9.83. The van der Waals surface area contributed by atoms with E-state index in [1.54, 1.807) is 21.5 Å². The summed E-state index contributed by atoms with van der Waals surface area (Å²) in [6, 6.07) is 13.0. The summed E-state index contributed by atoms with van der Waals surface area (Å²) in [7, 11) is 0. The second-order valence-corrected chi connectivity index (χ2v) is 13.3. The molecule has 1 aromatic heterocycles. The molecule has 3 aromatic rings. The number of rotatable bonds is 7. The van der Waals surface area contributed by atoms with E-state index < -0.39 is 23.8 Å². The number of amides is 3. The third kappa shape index (κ3) is 5.58. The molecule has 0 radical (unpaired) electrons. The van der Waals surface area contributed by atoms with Crippen molar-refractivity contribution in [2.45, 2.75) is 57.2 Å². The van der Waals surface area contributed by atoms with E-state index in [0.717, 1.165) is 29.5 Å². The number of ether oxygens (including phenoxy) is 1. The smallest absolute Gasteiger partial charge is 0.307 e. The van der Waals surface area contributed by atoms with Crippen LogP contribution in [-0.4, -0.2) is 80.8 Å². The topological polar surface area (TPSA) is 120 Å². The second-order valence-electron chi connectivity index (χ2n) is 12.5. The average Bonchev–Trinajstić information content (AvgIpc) is 3.82. The van der Waals surface area contributed by atoms with E-state index in [0.29, 0.717) is 68.1 Å². The molecule has 4 aliphatic rings. The van der Waals surface area contributed by atoms with Gasteiger partial charge in [-0.05, 0) is 42.5 Å². The second kappa shape index (κ2) is 12.3. The SMILES string of the molecule is O=C(O)[C@@H]1CCCCC1C(=O)N1CCc2cccc(O[C@H]3CCN(C(=O)c4cncs4)C3)c2[C@H]1CN1Cc2ccccc2C1=O. The van der Waals surface area contributed by atoms with Gasteiger partial charge in [0.2, 0.25) is 5.91 Å². The maximum absolute atomic E-state index is 14.3. The van der Waals surface area contributed by atoms with E-state index in [9.17, 15) is 24.3 Å². The fourth-order valence-electron chi connectivity index (χ4n) is 7.57. The van der Waals surface area contributed by atoms with Gasteiger partial charge in [0.15, 0.2) is 0 Å². The number of likely N-dealkylation sites (tertiary alicyclic amines) is 1. The van der Waals surface area contributed by atoms with Gasteiger partial charge in [-0.15, -0.1) is 11.3 Å². The fraction of sp³-hybridized carbons (Fsp3) is 0.441. The summed E-state index contributed by atoms with van der Waals surface area (Å²) >= 11 is 1.32. The van der Waals surface area contributed by atoms with Crippen LogP contribution in [0.5, 0.6) is 5.75 Å². The Balaban J connectivity index is 1.19. The van der Waals surface area contributed by atoms with Gasteiger partial charge in [0, 0.05) is 43.7 Å². The van der Waals surface area contributed by atoms with E-state index >= 15 is 0 Å². The molecule has 1 saturated heterocycles. The molecule has 2 fully saturated rings. The van der Waals surface area contributed by atoms with Gasteiger partial charge < -0.3 is 24.5 Å². The lowest BCUT2D eigenvalue weighted by Crippen LogP contribution is -2.50. The first-order chi connectivity index (χ1) is 21.9. The molecule has 3 aliphatic heterocycles. The predicted molar refractivity (Wildman–Crippen MR) is 166 cm³/mol. The lowest BCUT2D eigenvalue weighted by atomic mass is 9.77. The Bertz CT molecular complexity index is 1630. The molecule has 1 N–H and O–H groups in total. The number of carboxylic acid groups (broad SMARTS) is 1. The maximum atomic E-state index is 14.3.